The molecule has 3 fully saturated rings. The van der Waals surface area contributed by atoms with Crippen LogP contribution in [0.3, 0.4) is 0 Å². The summed E-state index contributed by atoms with van der Waals surface area (Å²) >= 11 is 0. The molecule has 154 valence electrons. The van der Waals surface area contributed by atoms with Gasteiger partial charge in [0.05, 0.1) is 24.4 Å². The maximum atomic E-state index is 11.5. The summed E-state index contributed by atoms with van der Waals surface area (Å²) in [6.07, 6.45) is 5.29. The van der Waals surface area contributed by atoms with E-state index in [0.29, 0.717) is 17.2 Å². The molecule has 30 heavy (non-hydrogen) atoms. The molecule has 2 aliphatic heterocycles. The van der Waals surface area contributed by atoms with Crippen LogP contribution in [-0.2, 0) is 9.53 Å². The van der Waals surface area contributed by atoms with E-state index in [-0.39, 0.29) is 5.91 Å². The molecule has 2 saturated heterocycles. The predicted octanol–water partition coefficient (Wildman–Crippen LogP) is 2.88. The van der Waals surface area contributed by atoms with Crippen molar-refractivity contribution in [3.63, 3.8) is 0 Å². The van der Waals surface area contributed by atoms with Crippen LogP contribution in [0.5, 0.6) is 0 Å². The molecule has 3 aromatic rings. The fourth-order valence-corrected chi connectivity index (χ4v) is 4.58. The van der Waals surface area contributed by atoms with Crippen molar-refractivity contribution >= 4 is 28.4 Å². The molecular formula is C22H24N6O2. The molecule has 1 aliphatic carbocycles. The number of carbonyl (C=O) groups is 1. The largest absolute Gasteiger partial charge is 0.380 e. The highest BCUT2D eigenvalue weighted by Gasteiger charge is 2.44. The Hall–Kier alpha value is -3.00. The van der Waals surface area contributed by atoms with E-state index >= 15 is 0 Å². The van der Waals surface area contributed by atoms with Gasteiger partial charge in [-0.15, -0.1) is 0 Å². The molecule has 3 aromatic heterocycles. The van der Waals surface area contributed by atoms with Crippen LogP contribution in [0.25, 0.3) is 16.7 Å². The molecule has 1 N–H and O–H groups in total. The summed E-state index contributed by atoms with van der Waals surface area (Å²) in [6, 6.07) is 7.99. The van der Waals surface area contributed by atoms with E-state index in [0.717, 1.165) is 73.8 Å². The minimum absolute atomic E-state index is 0.140. The first kappa shape index (κ1) is 17.8. The van der Waals surface area contributed by atoms with Crippen molar-refractivity contribution in [2.45, 2.75) is 32.1 Å². The van der Waals surface area contributed by atoms with E-state index in [1.807, 2.05) is 29.1 Å². The molecule has 0 radical (unpaired) electrons. The zero-order valence-electron chi connectivity index (χ0n) is 17.0. The molecule has 8 heteroatoms. The van der Waals surface area contributed by atoms with E-state index in [1.165, 1.54) is 6.92 Å². The summed E-state index contributed by atoms with van der Waals surface area (Å²) in [7, 11) is 0. The Balaban J connectivity index is 1.40. The average molecular weight is 404 g/mol. The molecule has 0 bridgehead atoms. The molecule has 0 atom stereocenters. The number of nitrogens with one attached hydrogen (secondary N) is 1. The molecule has 3 aliphatic rings. The number of carbonyl (C=O) groups excluding carboxylic acids is 1. The molecule has 5 heterocycles. The average Bonchev–Trinajstić information content (AvgIpc) is 3.33. The summed E-state index contributed by atoms with van der Waals surface area (Å²) < 4.78 is 7.36. The van der Waals surface area contributed by atoms with E-state index in [9.17, 15) is 4.79 Å². The van der Waals surface area contributed by atoms with Gasteiger partial charge in [-0.25, -0.2) is 14.6 Å². The van der Waals surface area contributed by atoms with Gasteiger partial charge in [0.2, 0.25) is 5.91 Å². The number of rotatable bonds is 4. The van der Waals surface area contributed by atoms with Crippen LogP contribution in [0.2, 0.25) is 0 Å². The first-order valence-corrected chi connectivity index (χ1v) is 10.6. The minimum atomic E-state index is -0.140. The van der Waals surface area contributed by atoms with Crippen molar-refractivity contribution < 1.29 is 9.53 Å². The Kier molecular flexibility index (Phi) is 3.86. The van der Waals surface area contributed by atoms with Crippen molar-refractivity contribution in [2.24, 2.45) is 5.41 Å². The molecule has 1 amide bonds. The second-order valence-corrected chi connectivity index (χ2v) is 8.86. The van der Waals surface area contributed by atoms with Crippen LogP contribution in [0, 0.1) is 5.41 Å². The highest BCUT2D eigenvalue weighted by Crippen LogP contribution is 2.43. The number of anilines is 2. The second kappa shape index (κ2) is 6.50. The van der Waals surface area contributed by atoms with Gasteiger partial charge in [-0.3, -0.25) is 4.79 Å². The van der Waals surface area contributed by atoms with Crippen LogP contribution in [0.4, 0.5) is 11.6 Å². The van der Waals surface area contributed by atoms with Crippen LogP contribution in [-0.4, -0.2) is 52.0 Å². The van der Waals surface area contributed by atoms with Gasteiger partial charge in [-0.05, 0) is 31.4 Å². The van der Waals surface area contributed by atoms with Crippen molar-refractivity contribution in [1.29, 1.82) is 0 Å². The Bertz CT molecular complexity index is 1150. The zero-order chi connectivity index (χ0) is 20.3. The van der Waals surface area contributed by atoms with Gasteiger partial charge in [0.15, 0.2) is 5.82 Å². The van der Waals surface area contributed by atoms with Crippen LogP contribution < -0.4 is 10.2 Å². The van der Waals surface area contributed by atoms with Crippen LogP contribution >= 0.6 is 0 Å². The first-order chi connectivity index (χ1) is 14.6. The first-order valence-electron chi connectivity index (χ1n) is 10.6. The van der Waals surface area contributed by atoms with Crippen molar-refractivity contribution in [1.82, 2.24) is 19.7 Å². The molecule has 8 nitrogen and oxygen atoms in total. The number of ether oxygens (including phenoxy) is 1. The lowest BCUT2D eigenvalue weighted by Gasteiger charge is -2.37. The van der Waals surface area contributed by atoms with Gasteiger partial charge in [0.1, 0.15) is 11.6 Å². The summed E-state index contributed by atoms with van der Waals surface area (Å²) in [5.74, 6) is 2.64. The highest BCUT2D eigenvalue weighted by atomic mass is 16.5. The lowest BCUT2D eigenvalue weighted by atomic mass is 9.85. The van der Waals surface area contributed by atoms with Crippen LogP contribution in [0.1, 0.15) is 37.8 Å². The van der Waals surface area contributed by atoms with Crippen molar-refractivity contribution in [3.8, 4) is 5.82 Å². The third-order valence-electron chi connectivity index (χ3n) is 6.38. The Morgan fingerprint density at radius 1 is 1.27 bits per heavy atom. The molecule has 1 saturated carbocycles. The van der Waals surface area contributed by atoms with E-state index in [2.05, 4.69) is 21.3 Å². The number of amides is 1. The number of aromatic nitrogens is 4. The quantitative estimate of drug-likeness (QED) is 0.720. The number of hydrogen-bond acceptors (Lipinski definition) is 6. The Labute approximate surface area is 174 Å². The van der Waals surface area contributed by atoms with Crippen molar-refractivity contribution in [2.75, 3.05) is 36.5 Å². The monoisotopic (exact) mass is 404 g/mol. The van der Waals surface area contributed by atoms with Gasteiger partial charge >= 0.3 is 0 Å². The normalized spacial score (nSPS) is 20.0. The topological polar surface area (TPSA) is 85.2 Å². The smallest absolute Gasteiger partial charge is 0.222 e. The van der Waals surface area contributed by atoms with Gasteiger partial charge < -0.3 is 15.0 Å². The third kappa shape index (κ3) is 2.94. The molecule has 0 aromatic carbocycles. The van der Waals surface area contributed by atoms with Gasteiger partial charge in [0.25, 0.3) is 0 Å². The maximum Gasteiger partial charge on any atom is 0.222 e. The predicted molar refractivity (Wildman–Crippen MR) is 113 cm³/mol. The van der Waals surface area contributed by atoms with Gasteiger partial charge in [-0.2, -0.15) is 5.10 Å². The van der Waals surface area contributed by atoms with Crippen molar-refractivity contribution in [3.05, 3.63) is 36.2 Å². The summed E-state index contributed by atoms with van der Waals surface area (Å²) in [5.41, 5.74) is 2.31. The maximum absolute atomic E-state index is 11.5. The Morgan fingerprint density at radius 3 is 2.80 bits per heavy atom. The number of hydrogen-bond donors (Lipinski definition) is 1. The summed E-state index contributed by atoms with van der Waals surface area (Å²) in [4.78, 5) is 23.2. The third-order valence-corrected chi connectivity index (χ3v) is 6.38. The molecule has 1 spiro atoms. The molecular weight excluding hydrogens is 380 g/mol. The van der Waals surface area contributed by atoms with Crippen LogP contribution in [0.15, 0.2) is 30.5 Å². The number of pyridine rings is 2. The molecule has 0 unspecified atom stereocenters. The van der Waals surface area contributed by atoms with Gasteiger partial charge in [0, 0.05) is 49.0 Å². The number of nitrogens with zero attached hydrogens (tertiary/aromatic N) is 5. The van der Waals surface area contributed by atoms with Gasteiger partial charge in [-0.1, -0.05) is 6.07 Å². The summed E-state index contributed by atoms with van der Waals surface area (Å²) in [6.45, 7) is 5.20. The minimum Gasteiger partial charge on any atom is -0.380 e. The Morgan fingerprint density at radius 2 is 2.10 bits per heavy atom. The summed E-state index contributed by atoms with van der Waals surface area (Å²) in [5, 5.41) is 8.74. The second-order valence-electron chi connectivity index (χ2n) is 8.86. The van der Waals surface area contributed by atoms with E-state index in [4.69, 9.17) is 14.8 Å². The lowest BCUT2D eigenvalue weighted by Crippen LogP contribution is -2.44. The van der Waals surface area contributed by atoms with E-state index in [1.54, 1.807) is 0 Å². The zero-order valence-corrected chi connectivity index (χ0v) is 17.0. The fraction of sp³-hybridized carbons (Fsp3) is 0.455. The standard InChI is InChI=1S/C22H24N6O2/c1-14(29)24-18-9-17-16(10-23-18)21(15-5-6-15)26-28(17)20-4-2-3-19(25-20)27-8-7-22(11-27)12-30-13-22/h2-4,9-10,15H,5-8,11-13H2,1H3,(H,23,24,29). The fourth-order valence-electron chi connectivity index (χ4n) is 4.58. The SMILES string of the molecule is CC(=O)Nc1cc2c(cn1)c(C1CC1)nn2-c1cccc(N2CCC3(COC3)C2)n1. The molecule has 6 rings (SSSR count). The lowest BCUT2D eigenvalue weighted by molar-refractivity contribution is -0.114. The van der Waals surface area contributed by atoms with E-state index < -0.39 is 0 Å². The number of fused-ring (bicyclic) bond motifs is 1. The highest BCUT2D eigenvalue weighted by molar-refractivity contribution is 5.91.